The van der Waals surface area contributed by atoms with E-state index in [2.05, 4.69) is 31.2 Å². The maximum Gasteiger partial charge on any atom is 0.133 e. The van der Waals surface area contributed by atoms with Crippen LogP contribution in [-0.4, -0.2) is 13.7 Å². The van der Waals surface area contributed by atoms with Gasteiger partial charge in [0.1, 0.15) is 23.5 Å². The van der Waals surface area contributed by atoms with Gasteiger partial charge in [-0.15, -0.1) is 0 Å². The molecule has 0 N–H and O–H groups in total. The van der Waals surface area contributed by atoms with E-state index < -0.39 is 0 Å². The van der Waals surface area contributed by atoms with Gasteiger partial charge in [0.25, 0.3) is 0 Å². The molecule has 31 heavy (non-hydrogen) atoms. The summed E-state index contributed by atoms with van der Waals surface area (Å²) in [6.07, 6.45) is 13.4. The average molecular weight is 415 g/mol. The summed E-state index contributed by atoms with van der Waals surface area (Å²) in [5.41, 5.74) is 5.33. The molecule has 4 nitrogen and oxygen atoms in total. The second kappa shape index (κ2) is 11.2. The Labute approximate surface area is 185 Å². The van der Waals surface area contributed by atoms with Crippen LogP contribution in [0.3, 0.4) is 0 Å². The highest BCUT2D eigenvalue weighted by molar-refractivity contribution is 5.46. The summed E-state index contributed by atoms with van der Waals surface area (Å²) in [6.45, 7) is 2.83. The molecule has 1 heterocycles. The van der Waals surface area contributed by atoms with E-state index in [1.54, 1.807) is 7.11 Å². The number of hydrogen-bond donors (Lipinski definition) is 0. The largest absolute Gasteiger partial charge is 0.498 e. The van der Waals surface area contributed by atoms with E-state index in [1.807, 2.05) is 30.3 Å². The molecule has 0 aromatic heterocycles. The van der Waals surface area contributed by atoms with Gasteiger partial charge in [0.05, 0.1) is 19.5 Å². The van der Waals surface area contributed by atoms with Gasteiger partial charge in [0, 0.05) is 12.8 Å². The van der Waals surface area contributed by atoms with Gasteiger partial charge in [-0.2, -0.15) is 10.5 Å². The summed E-state index contributed by atoms with van der Waals surface area (Å²) in [6, 6.07) is 12.4. The second-order valence-corrected chi connectivity index (χ2v) is 8.20. The Morgan fingerprint density at radius 3 is 2.29 bits per heavy atom. The second-order valence-electron chi connectivity index (χ2n) is 8.20. The van der Waals surface area contributed by atoms with E-state index in [9.17, 15) is 0 Å². The third kappa shape index (κ3) is 6.37. The lowest BCUT2D eigenvalue weighted by Crippen LogP contribution is -2.06. The summed E-state index contributed by atoms with van der Waals surface area (Å²) >= 11 is 0. The first kappa shape index (κ1) is 22.4. The number of benzene rings is 1. The molecule has 1 aromatic rings. The lowest BCUT2D eigenvalue weighted by atomic mass is 9.89. The first-order valence-corrected chi connectivity index (χ1v) is 11.0. The topological polar surface area (TPSA) is 66.0 Å². The number of methoxy groups -OCH3 is 1. The zero-order chi connectivity index (χ0) is 22.1. The number of nitriles is 2. The molecule has 1 aromatic carbocycles. The molecule has 0 bridgehead atoms. The van der Waals surface area contributed by atoms with Crippen LogP contribution in [0.5, 0.6) is 5.75 Å². The normalized spacial score (nSPS) is 16.6. The van der Waals surface area contributed by atoms with Gasteiger partial charge in [0.2, 0.25) is 0 Å². The molecule has 2 aliphatic rings. The van der Waals surface area contributed by atoms with Crippen LogP contribution in [0, 0.1) is 22.7 Å². The third-order valence-electron chi connectivity index (χ3n) is 6.14. The summed E-state index contributed by atoms with van der Waals surface area (Å²) in [5, 5.41) is 18.1. The highest BCUT2D eigenvalue weighted by atomic mass is 16.5. The van der Waals surface area contributed by atoms with E-state index in [1.165, 1.54) is 16.7 Å². The fraction of sp³-hybridized carbons (Fsp3) is 0.407. The Bertz CT molecular complexity index is 966. The van der Waals surface area contributed by atoms with Crippen LogP contribution in [0.2, 0.25) is 0 Å². The van der Waals surface area contributed by atoms with E-state index in [0.717, 1.165) is 55.6 Å². The van der Waals surface area contributed by atoms with Crippen molar-refractivity contribution < 1.29 is 9.47 Å². The van der Waals surface area contributed by atoms with Crippen molar-refractivity contribution in [3.8, 4) is 17.9 Å². The molecule has 0 fully saturated rings. The molecule has 0 saturated heterocycles. The molecule has 0 saturated carbocycles. The Balaban J connectivity index is 1.50. The molecule has 1 aliphatic heterocycles. The van der Waals surface area contributed by atoms with Crippen molar-refractivity contribution in [3.63, 3.8) is 0 Å². The minimum absolute atomic E-state index is 0.203. The Hall–Kier alpha value is -3.24. The Kier molecular flexibility index (Phi) is 8.13. The molecule has 0 spiro atoms. The van der Waals surface area contributed by atoms with Crippen molar-refractivity contribution in [2.45, 2.75) is 57.8 Å². The van der Waals surface area contributed by atoms with Crippen molar-refractivity contribution in [1.82, 2.24) is 0 Å². The van der Waals surface area contributed by atoms with Crippen LogP contribution >= 0.6 is 0 Å². The molecule has 1 unspecified atom stereocenters. The fourth-order valence-electron chi connectivity index (χ4n) is 4.04. The van der Waals surface area contributed by atoms with Crippen LogP contribution in [0.4, 0.5) is 0 Å². The fourth-order valence-corrected chi connectivity index (χ4v) is 4.04. The molecule has 1 atom stereocenters. The monoisotopic (exact) mass is 414 g/mol. The zero-order valence-electron chi connectivity index (χ0n) is 18.5. The van der Waals surface area contributed by atoms with Crippen LogP contribution < -0.4 is 4.74 Å². The first-order valence-electron chi connectivity index (χ1n) is 11.0. The van der Waals surface area contributed by atoms with Gasteiger partial charge in [0.15, 0.2) is 0 Å². The Morgan fingerprint density at radius 2 is 1.68 bits per heavy atom. The predicted octanol–water partition coefficient (Wildman–Crippen LogP) is 6.65. The number of hydrogen-bond acceptors (Lipinski definition) is 4. The lowest BCUT2D eigenvalue weighted by Gasteiger charge is -2.20. The number of nitrogens with zero attached hydrogens (tertiary/aromatic N) is 2. The van der Waals surface area contributed by atoms with Crippen molar-refractivity contribution in [2.75, 3.05) is 13.7 Å². The van der Waals surface area contributed by atoms with Crippen molar-refractivity contribution in [2.24, 2.45) is 0 Å². The average Bonchev–Trinajstić information content (AvgIpc) is 2.83. The predicted molar refractivity (Wildman–Crippen MR) is 122 cm³/mol. The van der Waals surface area contributed by atoms with Gasteiger partial charge >= 0.3 is 0 Å². The lowest BCUT2D eigenvalue weighted by molar-refractivity contribution is 0.196. The molecule has 1 aliphatic carbocycles. The number of ether oxygens (including phenoxy) is 2. The molecule has 3 rings (SSSR count). The molecular formula is C27H30N2O2. The van der Waals surface area contributed by atoms with Gasteiger partial charge in [-0.05, 0) is 67.4 Å². The van der Waals surface area contributed by atoms with E-state index in [-0.39, 0.29) is 5.57 Å². The van der Waals surface area contributed by atoms with Gasteiger partial charge in [-0.1, -0.05) is 42.4 Å². The first-order chi connectivity index (χ1) is 15.1. The van der Waals surface area contributed by atoms with Gasteiger partial charge < -0.3 is 9.47 Å². The Morgan fingerprint density at radius 1 is 1.00 bits per heavy atom. The summed E-state index contributed by atoms with van der Waals surface area (Å²) in [5.74, 6) is 2.32. The van der Waals surface area contributed by atoms with Crippen molar-refractivity contribution in [1.29, 1.82) is 10.5 Å². The number of allylic oxidation sites excluding steroid dienone is 7. The zero-order valence-corrected chi connectivity index (χ0v) is 18.5. The minimum Gasteiger partial charge on any atom is -0.498 e. The van der Waals surface area contributed by atoms with Crippen molar-refractivity contribution >= 4 is 0 Å². The van der Waals surface area contributed by atoms with E-state index >= 15 is 0 Å². The highest BCUT2D eigenvalue weighted by Gasteiger charge is 2.15. The van der Waals surface area contributed by atoms with Gasteiger partial charge in [-0.25, -0.2) is 0 Å². The van der Waals surface area contributed by atoms with Crippen LogP contribution in [0.1, 0.15) is 63.4 Å². The quantitative estimate of drug-likeness (QED) is 0.446. The van der Waals surface area contributed by atoms with E-state index in [0.29, 0.717) is 18.9 Å². The summed E-state index contributed by atoms with van der Waals surface area (Å²) < 4.78 is 11.0. The molecular weight excluding hydrogens is 384 g/mol. The SMILES string of the molecule is COc1ccc(C(C)CCC2=CC=C(CCC3=CC(=C(C#N)C#N)CCO3)CC2)cc1. The minimum atomic E-state index is 0.203. The summed E-state index contributed by atoms with van der Waals surface area (Å²) in [7, 11) is 1.70. The van der Waals surface area contributed by atoms with E-state index in [4.69, 9.17) is 20.0 Å². The van der Waals surface area contributed by atoms with Crippen molar-refractivity contribution in [3.05, 3.63) is 76.1 Å². The number of rotatable bonds is 8. The molecule has 0 radical (unpaired) electrons. The molecule has 0 amide bonds. The third-order valence-corrected chi connectivity index (χ3v) is 6.14. The molecule has 160 valence electrons. The van der Waals surface area contributed by atoms with Crippen LogP contribution in [0.25, 0.3) is 0 Å². The van der Waals surface area contributed by atoms with Crippen LogP contribution in [0.15, 0.2) is 70.5 Å². The maximum atomic E-state index is 9.07. The van der Waals surface area contributed by atoms with Crippen LogP contribution in [-0.2, 0) is 4.74 Å². The highest BCUT2D eigenvalue weighted by Crippen LogP contribution is 2.31. The maximum absolute atomic E-state index is 9.07. The smallest absolute Gasteiger partial charge is 0.133 e. The molecule has 4 heteroatoms. The standard InChI is InChI=1S/C27H30N2O2/c1-20(23-10-13-26(30-2)14-11-23)3-4-21-5-7-22(8-6-21)9-12-27-17-24(15-16-31-27)25(18-28)19-29/h5,7,10-11,13-14,17,20H,3-4,6,8-9,12,15-16H2,1-2H3. The summed E-state index contributed by atoms with van der Waals surface area (Å²) in [4.78, 5) is 0. The van der Waals surface area contributed by atoms with Gasteiger partial charge in [-0.3, -0.25) is 0 Å².